The van der Waals surface area contributed by atoms with Crippen LogP contribution in [0.2, 0.25) is 5.02 Å². The van der Waals surface area contributed by atoms with Crippen molar-refractivity contribution in [1.82, 2.24) is 10.2 Å². The van der Waals surface area contributed by atoms with Crippen molar-refractivity contribution in [2.75, 3.05) is 10.6 Å². The van der Waals surface area contributed by atoms with Crippen molar-refractivity contribution >= 4 is 39.8 Å². The van der Waals surface area contributed by atoms with Gasteiger partial charge in [0.05, 0.1) is 0 Å². The van der Waals surface area contributed by atoms with Crippen LogP contribution < -0.4 is 10.6 Å². The Morgan fingerprint density at radius 2 is 1.82 bits per heavy atom. The van der Waals surface area contributed by atoms with Crippen LogP contribution in [-0.2, 0) is 0 Å². The molecular weight excluding hydrogens is 320 g/mol. The number of aromatic nitrogens is 2. The highest BCUT2D eigenvalue weighted by molar-refractivity contribution is 7.15. The average molecular weight is 337 g/mol. The number of amides is 2. The fourth-order valence-electron chi connectivity index (χ4n) is 2.59. The number of urea groups is 1. The van der Waals surface area contributed by atoms with E-state index in [-0.39, 0.29) is 6.03 Å². The second kappa shape index (κ2) is 7.07. The third-order valence-electron chi connectivity index (χ3n) is 3.72. The van der Waals surface area contributed by atoms with Crippen molar-refractivity contribution in [3.05, 3.63) is 34.3 Å². The quantitative estimate of drug-likeness (QED) is 0.839. The van der Waals surface area contributed by atoms with Gasteiger partial charge in [0.1, 0.15) is 5.01 Å². The standard InChI is InChI=1S/C15H17ClN4OS/c16-11-6-8-12(9-7-11)17-14(21)18-15-20-19-13(22-15)10-4-2-1-3-5-10/h6-10H,1-5H2,(H2,17,18,20,21). The third kappa shape index (κ3) is 3.96. The number of hydrogen-bond acceptors (Lipinski definition) is 4. The summed E-state index contributed by atoms with van der Waals surface area (Å²) in [6, 6.07) is 6.62. The largest absolute Gasteiger partial charge is 0.325 e. The topological polar surface area (TPSA) is 66.9 Å². The summed E-state index contributed by atoms with van der Waals surface area (Å²) in [7, 11) is 0. The number of nitrogens with zero attached hydrogens (tertiary/aromatic N) is 2. The van der Waals surface area contributed by atoms with E-state index in [1.54, 1.807) is 24.3 Å². The van der Waals surface area contributed by atoms with Crippen molar-refractivity contribution in [2.45, 2.75) is 38.0 Å². The minimum atomic E-state index is -0.325. The van der Waals surface area contributed by atoms with E-state index in [2.05, 4.69) is 20.8 Å². The molecule has 2 aromatic rings. The van der Waals surface area contributed by atoms with Gasteiger partial charge in [-0.05, 0) is 37.1 Å². The van der Waals surface area contributed by atoms with Crippen LogP contribution >= 0.6 is 22.9 Å². The molecule has 0 spiro atoms. The van der Waals surface area contributed by atoms with E-state index in [0.29, 0.717) is 21.8 Å². The lowest BCUT2D eigenvalue weighted by molar-refractivity contribution is 0.262. The van der Waals surface area contributed by atoms with Gasteiger partial charge in [0.15, 0.2) is 0 Å². The molecule has 1 heterocycles. The lowest BCUT2D eigenvalue weighted by atomic mass is 9.90. The molecule has 0 unspecified atom stereocenters. The van der Waals surface area contributed by atoms with Crippen LogP contribution in [0.25, 0.3) is 0 Å². The van der Waals surface area contributed by atoms with Crippen LogP contribution in [0.4, 0.5) is 15.6 Å². The zero-order chi connectivity index (χ0) is 15.4. The summed E-state index contributed by atoms with van der Waals surface area (Å²) >= 11 is 7.28. The van der Waals surface area contributed by atoms with E-state index in [1.165, 1.54) is 43.4 Å². The van der Waals surface area contributed by atoms with Gasteiger partial charge in [-0.15, -0.1) is 10.2 Å². The number of halogens is 1. The Labute approximate surface area is 138 Å². The Morgan fingerprint density at radius 1 is 1.09 bits per heavy atom. The van der Waals surface area contributed by atoms with Gasteiger partial charge in [-0.3, -0.25) is 5.32 Å². The molecule has 5 nitrogen and oxygen atoms in total. The molecule has 1 aliphatic carbocycles. The van der Waals surface area contributed by atoms with Gasteiger partial charge in [0, 0.05) is 16.6 Å². The summed E-state index contributed by atoms with van der Waals surface area (Å²) in [5.74, 6) is 0.501. The summed E-state index contributed by atoms with van der Waals surface area (Å²) in [6.45, 7) is 0. The lowest BCUT2D eigenvalue weighted by Gasteiger charge is -2.18. The maximum atomic E-state index is 11.9. The van der Waals surface area contributed by atoms with Crippen LogP contribution in [0.1, 0.15) is 43.0 Å². The Morgan fingerprint density at radius 3 is 2.55 bits per heavy atom. The Hall–Kier alpha value is -1.66. The van der Waals surface area contributed by atoms with Gasteiger partial charge in [-0.2, -0.15) is 0 Å². The van der Waals surface area contributed by atoms with Crippen molar-refractivity contribution < 1.29 is 4.79 Å². The molecule has 2 amide bonds. The Bertz CT molecular complexity index is 637. The number of nitrogens with one attached hydrogen (secondary N) is 2. The van der Waals surface area contributed by atoms with E-state index in [4.69, 9.17) is 11.6 Å². The summed E-state index contributed by atoms with van der Waals surface area (Å²) in [5, 5.41) is 15.9. The third-order valence-corrected chi connectivity index (χ3v) is 4.97. The van der Waals surface area contributed by atoms with Gasteiger partial charge in [-0.25, -0.2) is 4.79 Å². The minimum Gasteiger partial charge on any atom is -0.308 e. The predicted molar refractivity (Wildman–Crippen MR) is 89.8 cm³/mol. The summed E-state index contributed by atoms with van der Waals surface area (Å²) in [4.78, 5) is 11.9. The summed E-state index contributed by atoms with van der Waals surface area (Å²) in [5.41, 5.74) is 0.680. The first kappa shape index (κ1) is 15.2. The highest BCUT2D eigenvalue weighted by atomic mass is 35.5. The molecule has 0 atom stereocenters. The number of carbonyl (C=O) groups is 1. The van der Waals surface area contributed by atoms with E-state index in [9.17, 15) is 4.79 Å². The lowest BCUT2D eigenvalue weighted by Crippen LogP contribution is -2.19. The molecule has 1 aromatic heterocycles. The predicted octanol–water partition coefficient (Wildman–Crippen LogP) is 4.88. The molecule has 2 N–H and O–H groups in total. The van der Waals surface area contributed by atoms with Gasteiger partial charge >= 0.3 is 6.03 Å². The first-order valence-electron chi connectivity index (χ1n) is 7.38. The molecule has 3 rings (SSSR count). The molecule has 0 radical (unpaired) electrons. The van der Waals surface area contributed by atoms with Crippen LogP contribution in [-0.4, -0.2) is 16.2 Å². The van der Waals surface area contributed by atoms with Crippen LogP contribution in [0.3, 0.4) is 0 Å². The number of anilines is 2. The number of rotatable bonds is 3. The molecule has 1 aliphatic rings. The maximum absolute atomic E-state index is 11.9. The summed E-state index contributed by atoms with van der Waals surface area (Å²) in [6.07, 6.45) is 6.16. The molecule has 1 aromatic carbocycles. The smallest absolute Gasteiger partial charge is 0.308 e. The highest BCUT2D eigenvalue weighted by Gasteiger charge is 2.20. The number of carbonyl (C=O) groups excluding carboxylic acids is 1. The van der Waals surface area contributed by atoms with Crippen molar-refractivity contribution in [3.63, 3.8) is 0 Å². The Kier molecular flexibility index (Phi) is 4.90. The zero-order valence-electron chi connectivity index (χ0n) is 12.0. The fourth-order valence-corrected chi connectivity index (χ4v) is 3.63. The van der Waals surface area contributed by atoms with E-state index in [0.717, 1.165) is 5.01 Å². The van der Waals surface area contributed by atoms with E-state index in [1.807, 2.05) is 0 Å². The van der Waals surface area contributed by atoms with E-state index >= 15 is 0 Å². The second-order valence-electron chi connectivity index (χ2n) is 5.37. The summed E-state index contributed by atoms with van der Waals surface area (Å²) < 4.78 is 0. The molecule has 7 heteroatoms. The van der Waals surface area contributed by atoms with Crippen LogP contribution in [0.5, 0.6) is 0 Å². The van der Waals surface area contributed by atoms with E-state index < -0.39 is 0 Å². The minimum absolute atomic E-state index is 0.325. The average Bonchev–Trinajstić information content (AvgIpc) is 2.99. The fraction of sp³-hybridized carbons (Fsp3) is 0.400. The second-order valence-corrected chi connectivity index (χ2v) is 6.81. The highest BCUT2D eigenvalue weighted by Crippen LogP contribution is 2.35. The van der Waals surface area contributed by atoms with Crippen molar-refractivity contribution in [2.24, 2.45) is 0 Å². The molecule has 22 heavy (non-hydrogen) atoms. The molecule has 0 bridgehead atoms. The van der Waals surface area contributed by atoms with Gasteiger partial charge in [0.25, 0.3) is 0 Å². The first-order valence-corrected chi connectivity index (χ1v) is 8.57. The van der Waals surface area contributed by atoms with Crippen molar-refractivity contribution in [1.29, 1.82) is 0 Å². The van der Waals surface area contributed by atoms with Crippen molar-refractivity contribution in [3.8, 4) is 0 Å². The van der Waals surface area contributed by atoms with Gasteiger partial charge < -0.3 is 5.32 Å². The Balaban J connectivity index is 1.57. The zero-order valence-corrected chi connectivity index (χ0v) is 13.6. The maximum Gasteiger partial charge on any atom is 0.325 e. The normalized spacial score (nSPS) is 15.5. The molecule has 1 saturated carbocycles. The molecule has 1 fully saturated rings. The molecule has 0 aliphatic heterocycles. The molecular formula is C15H17ClN4OS. The number of benzene rings is 1. The SMILES string of the molecule is O=C(Nc1ccc(Cl)cc1)Nc1nnc(C2CCCCC2)s1. The van der Waals surface area contributed by atoms with Crippen LogP contribution in [0, 0.1) is 0 Å². The van der Waals surface area contributed by atoms with Gasteiger partial charge in [0.2, 0.25) is 5.13 Å². The van der Waals surface area contributed by atoms with Crippen LogP contribution in [0.15, 0.2) is 24.3 Å². The monoisotopic (exact) mass is 336 g/mol. The number of hydrogen-bond donors (Lipinski definition) is 2. The first-order chi connectivity index (χ1) is 10.7. The molecule has 0 saturated heterocycles. The van der Waals surface area contributed by atoms with Gasteiger partial charge in [-0.1, -0.05) is 42.2 Å². The molecule has 116 valence electrons.